The van der Waals surface area contributed by atoms with Gasteiger partial charge in [-0.3, -0.25) is 9.78 Å². The number of carbonyl (C=O) groups is 1. The lowest BCUT2D eigenvalue weighted by molar-refractivity contribution is -0.116. The van der Waals surface area contributed by atoms with Gasteiger partial charge in [-0.25, -0.2) is 0 Å². The molecule has 1 unspecified atom stereocenters. The van der Waals surface area contributed by atoms with Gasteiger partial charge in [0, 0.05) is 44.9 Å². The zero-order valence-corrected chi connectivity index (χ0v) is 17.0. The highest BCUT2D eigenvalue weighted by Crippen LogP contribution is 2.49. The summed E-state index contributed by atoms with van der Waals surface area (Å²) in [6.07, 6.45) is 4.18. The molecule has 140 valence electrons. The van der Waals surface area contributed by atoms with Crippen molar-refractivity contribution in [3.05, 3.63) is 69.8 Å². The Labute approximate surface area is 171 Å². The van der Waals surface area contributed by atoms with Crippen LogP contribution in [0.2, 0.25) is 0 Å². The molecule has 4 nitrogen and oxygen atoms in total. The number of nitrogens with zero attached hydrogens (tertiary/aromatic N) is 1. The van der Waals surface area contributed by atoms with Crippen LogP contribution in [0.1, 0.15) is 36.4 Å². The Morgan fingerprint density at radius 1 is 1.18 bits per heavy atom. The maximum atomic E-state index is 13.1. The van der Waals surface area contributed by atoms with Gasteiger partial charge in [0.05, 0.1) is 18.7 Å². The molecule has 28 heavy (non-hydrogen) atoms. The van der Waals surface area contributed by atoms with E-state index in [9.17, 15) is 4.79 Å². The van der Waals surface area contributed by atoms with E-state index in [1.165, 1.54) is 0 Å². The number of ether oxygens (including phenoxy) is 1. The summed E-state index contributed by atoms with van der Waals surface area (Å²) in [7, 11) is 1.67. The maximum absolute atomic E-state index is 13.1. The normalized spacial score (nSPS) is 18.5. The SMILES string of the molecule is COc1ccc(Br)cc1C1Nc2ccc3ncccc3c2C2=C1C(=O)CCC2. The number of carbonyl (C=O) groups excluding carboxylic acids is 1. The Balaban J connectivity index is 1.80. The summed E-state index contributed by atoms with van der Waals surface area (Å²) in [4.78, 5) is 17.6. The zero-order chi connectivity index (χ0) is 19.3. The molecule has 2 aromatic carbocycles. The molecule has 1 aliphatic heterocycles. The molecule has 0 bridgehead atoms. The fourth-order valence-electron chi connectivity index (χ4n) is 4.45. The van der Waals surface area contributed by atoms with Crippen LogP contribution < -0.4 is 10.1 Å². The van der Waals surface area contributed by atoms with E-state index in [-0.39, 0.29) is 11.8 Å². The molecule has 1 atom stereocenters. The highest BCUT2D eigenvalue weighted by molar-refractivity contribution is 9.10. The summed E-state index contributed by atoms with van der Waals surface area (Å²) in [5.41, 5.74) is 6.10. The summed E-state index contributed by atoms with van der Waals surface area (Å²) >= 11 is 3.57. The van der Waals surface area contributed by atoms with Crippen molar-refractivity contribution in [3.8, 4) is 5.75 Å². The van der Waals surface area contributed by atoms with Gasteiger partial charge >= 0.3 is 0 Å². The number of fused-ring (bicyclic) bond motifs is 4. The average molecular weight is 435 g/mol. The van der Waals surface area contributed by atoms with Crippen LogP contribution in [0.15, 0.2) is 58.7 Å². The zero-order valence-electron chi connectivity index (χ0n) is 15.5. The smallest absolute Gasteiger partial charge is 0.161 e. The Morgan fingerprint density at radius 2 is 2.07 bits per heavy atom. The van der Waals surface area contributed by atoms with E-state index in [0.29, 0.717) is 6.42 Å². The van der Waals surface area contributed by atoms with Crippen LogP contribution in [-0.4, -0.2) is 17.9 Å². The van der Waals surface area contributed by atoms with E-state index < -0.39 is 0 Å². The number of anilines is 1. The van der Waals surface area contributed by atoms with Gasteiger partial charge in [0.1, 0.15) is 5.75 Å². The highest BCUT2D eigenvalue weighted by Gasteiger charge is 2.36. The average Bonchev–Trinajstić information content (AvgIpc) is 2.73. The van der Waals surface area contributed by atoms with E-state index in [1.54, 1.807) is 7.11 Å². The van der Waals surface area contributed by atoms with Gasteiger partial charge in [-0.05, 0) is 54.8 Å². The van der Waals surface area contributed by atoms with Crippen LogP contribution in [0, 0.1) is 0 Å². The molecule has 5 heteroatoms. The number of pyridine rings is 1. The Kier molecular flexibility index (Phi) is 4.20. The number of hydrogen-bond donors (Lipinski definition) is 1. The van der Waals surface area contributed by atoms with Crippen molar-refractivity contribution >= 4 is 43.9 Å². The third kappa shape index (κ3) is 2.65. The van der Waals surface area contributed by atoms with Gasteiger partial charge in [-0.2, -0.15) is 0 Å². The molecular weight excluding hydrogens is 416 g/mol. The molecule has 0 fully saturated rings. The Morgan fingerprint density at radius 3 is 2.93 bits per heavy atom. The quantitative estimate of drug-likeness (QED) is 0.563. The summed E-state index contributed by atoms with van der Waals surface area (Å²) in [5.74, 6) is 0.990. The summed E-state index contributed by atoms with van der Waals surface area (Å²) < 4.78 is 6.58. The molecule has 2 heterocycles. The minimum absolute atomic E-state index is 0.215. The molecule has 0 amide bonds. The van der Waals surface area contributed by atoms with E-state index >= 15 is 0 Å². The van der Waals surface area contributed by atoms with Gasteiger partial charge in [-0.1, -0.05) is 22.0 Å². The molecule has 5 rings (SSSR count). The largest absolute Gasteiger partial charge is 0.496 e. The first-order valence-electron chi connectivity index (χ1n) is 9.41. The number of nitrogens with one attached hydrogen (secondary N) is 1. The number of halogens is 1. The van der Waals surface area contributed by atoms with Gasteiger partial charge < -0.3 is 10.1 Å². The van der Waals surface area contributed by atoms with Crippen molar-refractivity contribution in [2.24, 2.45) is 0 Å². The summed E-state index contributed by atoms with van der Waals surface area (Å²) in [6.45, 7) is 0. The Bertz CT molecular complexity index is 1150. The lowest BCUT2D eigenvalue weighted by atomic mass is 9.77. The number of Topliss-reactive ketones (excluding diaryl/α,β-unsaturated/α-hetero) is 1. The molecule has 0 saturated heterocycles. The molecule has 0 radical (unpaired) electrons. The highest BCUT2D eigenvalue weighted by atomic mass is 79.9. The molecule has 1 N–H and O–H groups in total. The van der Waals surface area contributed by atoms with E-state index in [1.807, 2.05) is 36.5 Å². The first-order valence-corrected chi connectivity index (χ1v) is 10.2. The molecule has 3 aromatic rings. The van der Waals surface area contributed by atoms with Crippen molar-refractivity contribution < 1.29 is 9.53 Å². The standard InChI is InChI=1S/C23H19BrN2O2/c1-28-20-10-7-13(24)12-16(20)23-22-15(4-2-6-19(22)27)21-14-5-3-11-25-17(14)8-9-18(21)26-23/h3,5,7-12,23,26H,2,4,6H2,1H3. The molecule has 0 spiro atoms. The lowest BCUT2D eigenvalue weighted by Gasteiger charge is -2.35. The number of methoxy groups -OCH3 is 1. The van der Waals surface area contributed by atoms with Crippen molar-refractivity contribution in [3.63, 3.8) is 0 Å². The number of ketones is 1. The third-order valence-electron chi connectivity index (χ3n) is 5.63. The number of rotatable bonds is 2. The summed E-state index contributed by atoms with van der Waals surface area (Å²) in [5, 5.41) is 4.72. The predicted molar refractivity (Wildman–Crippen MR) is 115 cm³/mol. The number of benzene rings is 2. The van der Waals surface area contributed by atoms with E-state index in [4.69, 9.17) is 4.74 Å². The maximum Gasteiger partial charge on any atom is 0.161 e. The molecule has 0 saturated carbocycles. The van der Waals surface area contributed by atoms with Crippen molar-refractivity contribution in [2.45, 2.75) is 25.3 Å². The second kappa shape index (κ2) is 6.74. The fourth-order valence-corrected chi connectivity index (χ4v) is 4.83. The minimum atomic E-state index is -0.225. The fraction of sp³-hybridized carbons (Fsp3) is 0.217. The van der Waals surface area contributed by atoms with E-state index in [0.717, 1.165) is 61.9 Å². The number of allylic oxidation sites excluding steroid dienone is 1. The number of aromatic nitrogens is 1. The van der Waals surface area contributed by atoms with Crippen LogP contribution in [0.3, 0.4) is 0 Å². The minimum Gasteiger partial charge on any atom is -0.496 e. The van der Waals surface area contributed by atoms with Gasteiger partial charge in [0.15, 0.2) is 5.78 Å². The van der Waals surface area contributed by atoms with Crippen LogP contribution >= 0.6 is 15.9 Å². The van der Waals surface area contributed by atoms with E-state index in [2.05, 4.69) is 38.4 Å². The van der Waals surface area contributed by atoms with Crippen molar-refractivity contribution in [1.29, 1.82) is 0 Å². The predicted octanol–water partition coefficient (Wildman–Crippen LogP) is 5.68. The van der Waals surface area contributed by atoms with Gasteiger partial charge in [0.2, 0.25) is 0 Å². The first-order chi connectivity index (χ1) is 13.7. The summed E-state index contributed by atoms with van der Waals surface area (Å²) in [6, 6.07) is 13.9. The Hall–Kier alpha value is -2.66. The monoisotopic (exact) mass is 434 g/mol. The molecule has 2 aliphatic rings. The topological polar surface area (TPSA) is 51.2 Å². The number of hydrogen-bond acceptors (Lipinski definition) is 4. The van der Waals surface area contributed by atoms with Gasteiger partial charge in [-0.15, -0.1) is 0 Å². The molecule has 1 aromatic heterocycles. The first kappa shape index (κ1) is 17.4. The second-order valence-electron chi connectivity index (χ2n) is 7.19. The van der Waals surface area contributed by atoms with Crippen LogP contribution in [0.25, 0.3) is 16.5 Å². The van der Waals surface area contributed by atoms with Crippen LogP contribution in [0.5, 0.6) is 5.75 Å². The van der Waals surface area contributed by atoms with Crippen LogP contribution in [-0.2, 0) is 4.79 Å². The third-order valence-corrected chi connectivity index (χ3v) is 6.13. The lowest BCUT2D eigenvalue weighted by Crippen LogP contribution is -2.27. The second-order valence-corrected chi connectivity index (χ2v) is 8.11. The van der Waals surface area contributed by atoms with Gasteiger partial charge in [0.25, 0.3) is 0 Å². The van der Waals surface area contributed by atoms with Crippen molar-refractivity contribution in [2.75, 3.05) is 12.4 Å². The molecular formula is C23H19BrN2O2. The van der Waals surface area contributed by atoms with Crippen molar-refractivity contribution in [1.82, 2.24) is 4.98 Å². The van der Waals surface area contributed by atoms with Crippen LogP contribution in [0.4, 0.5) is 5.69 Å². The molecule has 1 aliphatic carbocycles.